The van der Waals surface area contributed by atoms with Crippen LogP contribution in [0.25, 0.3) is 0 Å². The van der Waals surface area contributed by atoms with Gasteiger partial charge in [0.1, 0.15) is 15.0 Å². The number of methoxy groups -OCH3 is 1. The molecule has 0 atom stereocenters. The van der Waals surface area contributed by atoms with Crippen LogP contribution >= 0.6 is 54.5 Å². The van der Waals surface area contributed by atoms with Crippen LogP contribution in [-0.4, -0.2) is 33.6 Å². The van der Waals surface area contributed by atoms with E-state index >= 15 is 0 Å². The van der Waals surface area contributed by atoms with Crippen molar-refractivity contribution in [3.63, 3.8) is 0 Å². The molecule has 0 unspecified atom stereocenters. The summed E-state index contributed by atoms with van der Waals surface area (Å²) in [6.45, 7) is 3.62. The quantitative estimate of drug-likeness (QED) is 0.0724. The van der Waals surface area contributed by atoms with E-state index in [9.17, 15) is 0 Å². The smallest absolute Gasteiger partial charge is 1.00 e. The molecule has 0 spiro atoms. The maximum atomic E-state index is 8.93. The van der Waals surface area contributed by atoms with Crippen molar-refractivity contribution in [3.05, 3.63) is 44.9 Å². The molecule has 0 aliphatic heterocycles. The van der Waals surface area contributed by atoms with Crippen LogP contribution in [0, 0.1) is 13.8 Å². The molecule has 1 N–H and O–H groups in total. The van der Waals surface area contributed by atoms with E-state index in [0.717, 1.165) is 21.7 Å². The monoisotopic (exact) mass is 670 g/mol. The van der Waals surface area contributed by atoms with E-state index < -0.39 is 0 Å². The third-order valence-electron chi connectivity index (χ3n) is 2.18. The second-order valence-electron chi connectivity index (χ2n) is 3.90. The molecule has 0 bridgehead atoms. The van der Waals surface area contributed by atoms with Gasteiger partial charge < -0.3 is 21.4 Å². The van der Waals surface area contributed by atoms with Gasteiger partial charge in [-0.05, 0) is 74.9 Å². The van der Waals surface area contributed by atoms with Crippen molar-refractivity contribution in [2.24, 2.45) is 0 Å². The fourth-order valence-corrected chi connectivity index (χ4v) is 2.17. The second kappa shape index (κ2) is 24.6. The Bertz CT molecular complexity index is 649. The van der Waals surface area contributed by atoms with Crippen molar-refractivity contribution in [2.45, 2.75) is 13.8 Å². The van der Waals surface area contributed by atoms with Gasteiger partial charge in [-0.3, -0.25) is 4.79 Å². The van der Waals surface area contributed by atoms with E-state index in [4.69, 9.17) is 19.9 Å². The molecule has 0 saturated heterocycles. The Balaban J connectivity index is -0.0000000914. The molecule has 27 heavy (non-hydrogen) atoms. The summed E-state index contributed by atoms with van der Waals surface area (Å²) >= 11 is 8.51. The van der Waals surface area contributed by atoms with Gasteiger partial charge in [-0.1, -0.05) is 22.6 Å². The predicted octanol–water partition coefficient (Wildman–Crippen LogP) is -2.37. The molecule has 0 fully saturated rings. The molecule has 2 aromatic heterocycles. The number of carbonyl (C=O) groups is 1. The molecule has 0 radical (unpaired) electrons. The molecule has 0 aromatic carbocycles. The molecule has 2 aromatic rings. The summed E-state index contributed by atoms with van der Waals surface area (Å²) in [6.07, 6.45) is 0. The number of alkyl halides is 1. The van der Waals surface area contributed by atoms with Crippen LogP contribution in [0.5, 0.6) is 11.5 Å². The number of hydrogen-bond acceptors (Lipinski definition) is 7. The summed E-state index contributed by atoms with van der Waals surface area (Å²) in [5, 5.41) is 17.4. The number of hydrogen-bond donors (Lipinski definition) is 1. The van der Waals surface area contributed by atoms with Crippen molar-refractivity contribution in [1.29, 1.82) is 0 Å². The zero-order valence-corrected chi connectivity index (χ0v) is 27.6. The summed E-state index contributed by atoms with van der Waals surface area (Å²) in [5.74, 6) is 0.950. The van der Waals surface area contributed by atoms with Gasteiger partial charge >= 0.3 is 103 Å². The first kappa shape index (κ1) is 36.7. The van der Waals surface area contributed by atoms with Crippen molar-refractivity contribution < 1.29 is 129 Å². The van der Waals surface area contributed by atoms with Gasteiger partial charge in [0.2, 0.25) is 0 Å². The molecule has 7 nitrogen and oxygen atoms in total. The van der Waals surface area contributed by atoms with Crippen molar-refractivity contribution in [3.8, 4) is 11.5 Å². The number of carbonyl (C=O) groups excluding carboxylic acids is 1. The third kappa shape index (κ3) is 20.0. The van der Waals surface area contributed by atoms with E-state index in [-0.39, 0.29) is 116 Å². The van der Waals surface area contributed by atoms with Crippen LogP contribution < -0.4 is 113 Å². The van der Waals surface area contributed by atoms with Crippen LogP contribution in [0.2, 0.25) is 0 Å². The van der Waals surface area contributed by atoms with Gasteiger partial charge in [-0.2, -0.15) is 0 Å². The van der Waals surface area contributed by atoms with Gasteiger partial charge in [0.05, 0.1) is 7.11 Å². The number of nitrogens with zero attached hydrogens (tertiary/aromatic N) is 2. The topological polar surface area (TPSA) is 105 Å². The number of pyridine rings is 2. The first-order valence-electron chi connectivity index (χ1n) is 6.45. The zero-order chi connectivity index (χ0) is 19.8. The normalized spacial score (nSPS) is 7.70. The Labute approximate surface area is 276 Å². The van der Waals surface area contributed by atoms with Crippen LogP contribution in [-0.2, 0) is 9.68 Å². The van der Waals surface area contributed by atoms with E-state index in [2.05, 4.69) is 69.3 Å². The molecule has 2 rings (SSSR count). The largest absolute Gasteiger partial charge is 1.00 e. The average Bonchev–Trinajstić information content (AvgIpc) is 2.61. The molecule has 2 heterocycles. The number of rotatable bonds is 2. The summed E-state index contributed by atoms with van der Waals surface area (Å²) < 4.78 is 6.25. The number of ether oxygens (including phenoxy) is 1. The van der Waals surface area contributed by atoms with Crippen molar-refractivity contribution >= 4 is 60.9 Å². The summed E-state index contributed by atoms with van der Waals surface area (Å²) in [4.78, 5) is 21.3. The minimum absolute atomic E-state index is 0. The van der Waals surface area contributed by atoms with E-state index in [1.165, 1.54) is 0 Å². The van der Waals surface area contributed by atoms with Gasteiger partial charge in [0.25, 0.3) is 6.47 Å². The molecular formula is C15H19Br2IK2N2O5. The summed E-state index contributed by atoms with van der Waals surface area (Å²) in [6, 6.07) is 7.14. The maximum absolute atomic E-state index is 8.93. The molecular weight excluding hydrogens is 653 g/mol. The van der Waals surface area contributed by atoms with E-state index in [1.54, 1.807) is 19.2 Å². The van der Waals surface area contributed by atoms with Crippen LogP contribution in [0.1, 0.15) is 12.8 Å². The Morgan fingerprint density at radius 3 is 1.78 bits per heavy atom. The van der Waals surface area contributed by atoms with E-state index in [1.807, 2.05) is 30.9 Å². The summed E-state index contributed by atoms with van der Waals surface area (Å²) in [5.41, 5.74) is 1.87. The SMILES string of the molecule is CI.COc1ccc(C)nc1Br.Cc1ccc(O)c(Br)n1.O=CO[O-].[H-].[K+].[K+]. The minimum Gasteiger partial charge on any atom is -1.00 e. The van der Waals surface area contributed by atoms with Crippen LogP contribution in [0.15, 0.2) is 33.5 Å². The minimum atomic E-state index is -0.181. The third-order valence-corrected chi connectivity index (χ3v) is 3.33. The fourth-order valence-electron chi connectivity index (χ4n) is 1.18. The zero-order valence-electron chi connectivity index (χ0n) is 17.0. The van der Waals surface area contributed by atoms with Crippen molar-refractivity contribution in [2.75, 3.05) is 12.0 Å². The Morgan fingerprint density at radius 2 is 1.48 bits per heavy atom. The first-order chi connectivity index (χ1) is 11.8. The van der Waals surface area contributed by atoms with Crippen LogP contribution in [0.3, 0.4) is 0 Å². The molecule has 0 amide bonds. The number of aromatic nitrogens is 2. The van der Waals surface area contributed by atoms with Gasteiger partial charge in [-0.15, -0.1) is 0 Å². The number of aromatic hydroxyl groups is 1. The fraction of sp³-hybridized carbons (Fsp3) is 0.267. The Kier molecular flexibility index (Phi) is 33.3. The van der Waals surface area contributed by atoms with Crippen molar-refractivity contribution in [1.82, 2.24) is 9.97 Å². The predicted molar refractivity (Wildman–Crippen MR) is 110 cm³/mol. The molecule has 0 aliphatic rings. The Hall–Kier alpha value is 2.29. The second-order valence-corrected chi connectivity index (χ2v) is 5.40. The average molecular weight is 672 g/mol. The number of halogens is 3. The van der Waals surface area contributed by atoms with Crippen LogP contribution in [0.4, 0.5) is 0 Å². The maximum Gasteiger partial charge on any atom is 1.00 e. The van der Waals surface area contributed by atoms with E-state index in [0.29, 0.717) is 4.60 Å². The first-order valence-corrected chi connectivity index (χ1v) is 10.2. The molecule has 142 valence electrons. The standard InChI is InChI=1S/C7H8BrNO.C6H6BrNO.CH3I.CH2O3.2K.H/c1-5-3-4-6(10-2)7(8)9-5;1-4-2-3-5(9)6(7)8-4;1-2;2-1-4-3;;;/h3-4H,1-2H3;2-3,9H,1H3;1H3;1,3H;;;/q;;;;2*+1;-1/p-1. The molecule has 12 heteroatoms. The summed E-state index contributed by atoms with van der Waals surface area (Å²) in [7, 11) is 1.62. The molecule has 0 aliphatic carbocycles. The van der Waals surface area contributed by atoms with Gasteiger partial charge in [-0.25, -0.2) is 9.97 Å². The van der Waals surface area contributed by atoms with Gasteiger partial charge in [0.15, 0.2) is 5.75 Å². The number of aryl methyl sites for hydroxylation is 2. The molecule has 0 saturated carbocycles. The van der Waals surface area contributed by atoms with Gasteiger partial charge in [0, 0.05) is 11.4 Å². The Morgan fingerprint density at radius 1 is 1.07 bits per heavy atom.